The molecule has 144 valence electrons. The molecule has 0 N–H and O–H groups in total. The fourth-order valence-corrected chi connectivity index (χ4v) is 3.86. The highest BCUT2D eigenvalue weighted by Gasteiger charge is 2.40. The van der Waals surface area contributed by atoms with Crippen molar-refractivity contribution < 1.29 is 13.6 Å². The molecule has 1 fully saturated rings. The van der Waals surface area contributed by atoms with Gasteiger partial charge in [-0.25, -0.2) is 23.2 Å². The van der Waals surface area contributed by atoms with Gasteiger partial charge in [0.25, 0.3) is 0 Å². The Morgan fingerprint density at radius 2 is 2.00 bits per heavy atom. The summed E-state index contributed by atoms with van der Waals surface area (Å²) in [5.41, 5.74) is 0.139. The number of carbonyl (C=O) groups is 1. The monoisotopic (exact) mass is 397 g/mol. The summed E-state index contributed by atoms with van der Waals surface area (Å²) >= 11 is 5.88. The van der Waals surface area contributed by atoms with Crippen LogP contribution in [0.4, 0.5) is 8.78 Å². The van der Waals surface area contributed by atoms with Crippen molar-refractivity contribution >= 4 is 17.5 Å². The van der Waals surface area contributed by atoms with Crippen LogP contribution in [-0.4, -0.2) is 55.6 Å². The van der Waals surface area contributed by atoms with E-state index < -0.39 is 30.0 Å². The Labute approximate surface area is 158 Å². The maximum atomic E-state index is 13.5. The van der Waals surface area contributed by atoms with Crippen LogP contribution in [0.15, 0.2) is 23.0 Å². The first-order chi connectivity index (χ1) is 12.9. The molecule has 0 bridgehead atoms. The Morgan fingerprint density at radius 3 is 2.70 bits per heavy atom. The second-order valence-corrected chi connectivity index (χ2v) is 7.25. The SMILES string of the molecule is O=C([C@@H]1CCCc2nn(Cc3cccc(Cl)n3)c(=O)n21)N1C[C@@H](F)[C@@H](F)C1. The van der Waals surface area contributed by atoms with Crippen molar-refractivity contribution in [3.05, 3.63) is 45.4 Å². The number of aryl methyl sites for hydroxylation is 1. The summed E-state index contributed by atoms with van der Waals surface area (Å²) < 4.78 is 29.6. The largest absolute Gasteiger partial charge is 0.347 e. The predicted octanol–water partition coefficient (Wildman–Crippen LogP) is 1.54. The van der Waals surface area contributed by atoms with E-state index in [-0.39, 0.29) is 19.6 Å². The van der Waals surface area contributed by atoms with Gasteiger partial charge in [-0.2, -0.15) is 5.10 Å². The molecule has 0 radical (unpaired) electrons. The Kier molecular flexibility index (Phi) is 4.71. The molecule has 27 heavy (non-hydrogen) atoms. The number of nitrogens with zero attached hydrogens (tertiary/aromatic N) is 5. The molecule has 7 nitrogen and oxygen atoms in total. The van der Waals surface area contributed by atoms with Crippen LogP contribution in [0.25, 0.3) is 0 Å². The fraction of sp³-hybridized carbons (Fsp3) is 0.529. The van der Waals surface area contributed by atoms with Crippen LogP contribution in [0, 0.1) is 0 Å². The van der Waals surface area contributed by atoms with Gasteiger partial charge >= 0.3 is 5.69 Å². The number of amides is 1. The summed E-state index contributed by atoms with van der Waals surface area (Å²) in [6, 6.07) is 4.31. The predicted molar refractivity (Wildman–Crippen MR) is 93.2 cm³/mol. The molecule has 2 aromatic rings. The van der Waals surface area contributed by atoms with Crippen LogP contribution < -0.4 is 5.69 Å². The van der Waals surface area contributed by atoms with Crippen LogP contribution in [0.1, 0.15) is 30.4 Å². The number of halogens is 3. The minimum Gasteiger partial charge on any atom is -0.335 e. The summed E-state index contributed by atoms with van der Waals surface area (Å²) in [5.74, 6) is 0.0701. The third-order valence-corrected chi connectivity index (χ3v) is 5.20. The lowest BCUT2D eigenvalue weighted by molar-refractivity contribution is -0.134. The minimum atomic E-state index is -1.68. The number of fused-ring (bicyclic) bond motifs is 1. The number of aromatic nitrogens is 4. The van der Waals surface area contributed by atoms with E-state index in [0.29, 0.717) is 35.9 Å². The Morgan fingerprint density at radius 1 is 1.26 bits per heavy atom. The van der Waals surface area contributed by atoms with E-state index in [9.17, 15) is 18.4 Å². The van der Waals surface area contributed by atoms with E-state index >= 15 is 0 Å². The van der Waals surface area contributed by atoms with Gasteiger partial charge in [0.2, 0.25) is 5.91 Å². The first kappa shape index (κ1) is 18.1. The average Bonchev–Trinajstić information content (AvgIpc) is 3.14. The second kappa shape index (κ2) is 7.03. The molecule has 2 aromatic heterocycles. The third kappa shape index (κ3) is 3.36. The fourth-order valence-electron chi connectivity index (χ4n) is 3.68. The van der Waals surface area contributed by atoms with E-state index in [1.165, 1.54) is 9.25 Å². The normalized spacial score (nSPS) is 24.9. The number of alkyl halides is 2. The number of hydrogen-bond donors (Lipinski definition) is 0. The molecular weight excluding hydrogens is 380 g/mol. The lowest BCUT2D eigenvalue weighted by Crippen LogP contribution is -2.42. The molecule has 0 aromatic carbocycles. The maximum absolute atomic E-state index is 13.5. The molecular formula is C17H18ClF2N5O2. The molecule has 0 unspecified atom stereocenters. The molecule has 2 aliphatic heterocycles. The lowest BCUT2D eigenvalue weighted by Gasteiger charge is -2.26. The zero-order valence-electron chi connectivity index (χ0n) is 14.4. The van der Waals surface area contributed by atoms with Crippen LogP contribution in [0.3, 0.4) is 0 Å². The third-order valence-electron chi connectivity index (χ3n) is 4.99. The highest BCUT2D eigenvalue weighted by molar-refractivity contribution is 6.29. The summed E-state index contributed by atoms with van der Waals surface area (Å²) in [6.07, 6.45) is -1.67. The van der Waals surface area contributed by atoms with Gasteiger partial charge in [0.15, 0.2) is 12.3 Å². The topological polar surface area (TPSA) is 73.0 Å². The summed E-state index contributed by atoms with van der Waals surface area (Å²) in [6.45, 7) is -0.425. The molecule has 2 aliphatic rings. The molecule has 0 spiro atoms. The number of likely N-dealkylation sites (tertiary alicyclic amines) is 1. The van der Waals surface area contributed by atoms with Gasteiger partial charge in [0.1, 0.15) is 17.0 Å². The van der Waals surface area contributed by atoms with Crippen molar-refractivity contribution in [2.45, 2.75) is 44.2 Å². The molecule has 4 rings (SSSR count). The highest BCUT2D eigenvalue weighted by Crippen LogP contribution is 2.27. The van der Waals surface area contributed by atoms with Gasteiger partial charge in [-0.05, 0) is 25.0 Å². The van der Waals surface area contributed by atoms with Gasteiger partial charge in [0.05, 0.1) is 25.3 Å². The second-order valence-electron chi connectivity index (χ2n) is 6.86. The maximum Gasteiger partial charge on any atom is 0.347 e. The van der Waals surface area contributed by atoms with Crippen LogP contribution >= 0.6 is 11.6 Å². The molecule has 10 heteroatoms. The van der Waals surface area contributed by atoms with E-state index in [2.05, 4.69) is 10.1 Å². The van der Waals surface area contributed by atoms with Crippen molar-refractivity contribution in [2.24, 2.45) is 0 Å². The Balaban J connectivity index is 1.62. The average molecular weight is 398 g/mol. The lowest BCUT2D eigenvalue weighted by atomic mass is 10.0. The van der Waals surface area contributed by atoms with Gasteiger partial charge < -0.3 is 4.90 Å². The van der Waals surface area contributed by atoms with Crippen molar-refractivity contribution in [1.29, 1.82) is 0 Å². The van der Waals surface area contributed by atoms with Crippen molar-refractivity contribution in [3.8, 4) is 0 Å². The Hall–Kier alpha value is -2.29. The molecule has 3 atom stereocenters. The van der Waals surface area contributed by atoms with Gasteiger partial charge in [-0.3, -0.25) is 9.36 Å². The van der Waals surface area contributed by atoms with Gasteiger partial charge in [-0.1, -0.05) is 17.7 Å². The van der Waals surface area contributed by atoms with Crippen LogP contribution in [0.2, 0.25) is 5.15 Å². The first-order valence-electron chi connectivity index (χ1n) is 8.80. The van der Waals surface area contributed by atoms with E-state index in [0.717, 1.165) is 4.90 Å². The van der Waals surface area contributed by atoms with E-state index in [4.69, 9.17) is 11.6 Å². The number of rotatable bonds is 3. The van der Waals surface area contributed by atoms with E-state index in [1.54, 1.807) is 18.2 Å². The van der Waals surface area contributed by atoms with Crippen molar-refractivity contribution in [2.75, 3.05) is 13.1 Å². The van der Waals surface area contributed by atoms with Crippen molar-refractivity contribution in [3.63, 3.8) is 0 Å². The van der Waals surface area contributed by atoms with Crippen LogP contribution in [-0.2, 0) is 17.8 Å². The smallest absolute Gasteiger partial charge is 0.335 e. The molecule has 1 amide bonds. The quantitative estimate of drug-likeness (QED) is 0.736. The molecule has 0 aliphatic carbocycles. The van der Waals surface area contributed by atoms with Gasteiger partial charge in [-0.15, -0.1) is 0 Å². The van der Waals surface area contributed by atoms with Crippen molar-refractivity contribution in [1.82, 2.24) is 24.2 Å². The first-order valence-corrected chi connectivity index (χ1v) is 9.18. The summed E-state index contributed by atoms with van der Waals surface area (Å²) in [5, 5.41) is 4.64. The summed E-state index contributed by atoms with van der Waals surface area (Å²) in [4.78, 5) is 30.9. The Bertz CT molecular complexity index is 920. The summed E-state index contributed by atoms with van der Waals surface area (Å²) in [7, 11) is 0. The number of pyridine rings is 1. The minimum absolute atomic E-state index is 0.128. The molecule has 1 saturated heterocycles. The molecule has 0 saturated carbocycles. The number of carbonyl (C=O) groups excluding carboxylic acids is 1. The zero-order chi connectivity index (χ0) is 19.1. The van der Waals surface area contributed by atoms with Crippen LogP contribution in [0.5, 0.6) is 0 Å². The number of hydrogen-bond acceptors (Lipinski definition) is 4. The zero-order valence-corrected chi connectivity index (χ0v) is 15.1. The molecule has 4 heterocycles. The highest BCUT2D eigenvalue weighted by atomic mass is 35.5. The van der Waals surface area contributed by atoms with E-state index in [1.807, 2.05) is 0 Å². The standard InChI is InChI=1S/C17H18ClF2N5O2/c18-14-5-1-3-10(21-14)7-24-17(27)25-13(4-2-6-15(25)22-24)16(26)23-8-11(19)12(20)9-23/h1,3,5,11-13H,2,4,6-9H2/t11-,12+,13-/m0/s1. The van der Waals surface area contributed by atoms with Gasteiger partial charge in [0, 0.05) is 6.42 Å².